The van der Waals surface area contributed by atoms with E-state index < -0.39 is 0 Å². The van der Waals surface area contributed by atoms with E-state index in [-0.39, 0.29) is 5.91 Å². The Morgan fingerprint density at radius 3 is 2.79 bits per heavy atom. The molecule has 2 rings (SSSR count). The number of carbonyl (C=O) groups is 1. The number of carbonyl (C=O) groups excluding carboxylic acids is 1. The number of nitrogens with zero attached hydrogens (tertiary/aromatic N) is 4. The minimum atomic E-state index is -0.0941. The quantitative estimate of drug-likeness (QED) is 0.712. The summed E-state index contributed by atoms with van der Waals surface area (Å²) >= 11 is 0. The molecule has 0 atom stereocenters. The molecule has 1 heterocycles. The van der Waals surface area contributed by atoms with Crippen LogP contribution in [0.1, 0.15) is 17.8 Å². The zero-order valence-electron chi connectivity index (χ0n) is 10.7. The van der Waals surface area contributed by atoms with Gasteiger partial charge in [0.1, 0.15) is 0 Å². The SMILES string of the molecule is Cn1nnc(CCC(=O)NNCc2ccccc2)n1. The third-order valence-corrected chi connectivity index (χ3v) is 2.49. The number of benzene rings is 1. The fourth-order valence-electron chi connectivity index (χ4n) is 1.55. The average molecular weight is 260 g/mol. The summed E-state index contributed by atoms with van der Waals surface area (Å²) in [7, 11) is 1.69. The fraction of sp³-hybridized carbons (Fsp3) is 0.333. The zero-order valence-corrected chi connectivity index (χ0v) is 10.7. The van der Waals surface area contributed by atoms with E-state index in [0.29, 0.717) is 25.2 Å². The number of hydrogen-bond acceptors (Lipinski definition) is 5. The summed E-state index contributed by atoms with van der Waals surface area (Å²) in [6, 6.07) is 9.85. The molecule has 0 spiro atoms. The molecule has 0 saturated carbocycles. The van der Waals surface area contributed by atoms with E-state index in [4.69, 9.17) is 0 Å². The lowest BCUT2D eigenvalue weighted by Gasteiger charge is -2.06. The van der Waals surface area contributed by atoms with E-state index in [1.165, 1.54) is 4.80 Å². The van der Waals surface area contributed by atoms with E-state index in [1.807, 2.05) is 30.3 Å². The molecule has 0 aliphatic heterocycles. The van der Waals surface area contributed by atoms with Crippen molar-refractivity contribution < 1.29 is 4.79 Å². The van der Waals surface area contributed by atoms with Crippen molar-refractivity contribution in [3.05, 3.63) is 41.7 Å². The number of amides is 1. The van der Waals surface area contributed by atoms with Crippen molar-refractivity contribution in [3.63, 3.8) is 0 Å². The third-order valence-electron chi connectivity index (χ3n) is 2.49. The molecule has 0 radical (unpaired) electrons. The van der Waals surface area contributed by atoms with Crippen LogP contribution in [0.15, 0.2) is 30.3 Å². The van der Waals surface area contributed by atoms with Gasteiger partial charge in [0.15, 0.2) is 5.82 Å². The lowest BCUT2D eigenvalue weighted by Crippen LogP contribution is -2.36. The number of hydrazine groups is 1. The first-order chi connectivity index (χ1) is 9.24. The number of aromatic nitrogens is 4. The van der Waals surface area contributed by atoms with Crippen LogP contribution >= 0.6 is 0 Å². The third kappa shape index (κ3) is 4.47. The number of aryl methyl sites for hydroxylation is 2. The van der Waals surface area contributed by atoms with Gasteiger partial charge >= 0.3 is 0 Å². The predicted octanol–water partition coefficient (Wildman–Crippen LogP) is -0.0363. The summed E-state index contributed by atoms with van der Waals surface area (Å²) in [6.45, 7) is 0.593. The molecule has 2 aromatic rings. The topological polar surface area (TPSA) is 84.7 Å². The lowest BCUT2D eigenvalue weighted by atomic mass is 10.2. The van der Waals surface area contributed by atoms with Crippen LogP contribution in [0.2, 0.25) is 0 Å². The molecule has 2 N–H and O–H groups in total. The van der Waals surface area contributed by atoms with Crippen LogP contribution in [0.5, 0.6) is 0 Å². The van der Waals surface area contributed by atoms with E-state index in [0.717, 1.165) is 5.56 Å². The summed E-state index contributed by atoms with van der Waals surface area (Å²) in [5, 5.41) is 11.5. The average Bonchev–Trinajstić information content (AvgIpc) is 2.83. The molecule has 100 valence electrons. The second-order valence-electron chi connectivity index (χ2n) is 4.08. The van der Waals surface area contributed by atoms with Crippen LogP contribution < -0.4 is 10.9 Å². The Morgan fingerprint density at radius 1 is 1.32 bits per heavy atom. The van der Waals surface area contributed by atoms with E-state index in [1.54, 1.807) is 7.05 Å². The van der Waals surface area contributed by atoms with Gasteiger partial charge < -0.3 is 0 Å². The molecule has 0 fully saturated rings. The zero-order chi connectivity index (χ0) is 13.5. The molecule has 7 nitrogen and oxygen atoms in total. The highest BCUT2D eigenvalue weighted by Gasteiger charge is 2.05. The van der Waals surface area contributed by atoms with Crippen molar-refractivity contribution in [2.24, 2.45) is 7.05 Å². The predicted molar refractivity (Wildman–Crippen MR) is 68.5 cm³/mol. The highest BCUT2D eigenvalue weighted by atomic mass is 16.2. The lowest BCUT2D eigenvalue weighted by molar-refractivity contribution is -0.122. The molecule has 1 amide bonds. The minimum Gasteiger partial charge on any atom is -0.291 e. The Bertz CT molecular complexity index is 524. The monoisotopic (exact) mass is 260 g/mol. The van der Waals surface area contributed by atoms with Crippen molar-refractivity contribution in [1.82, 2.24) is 31.1 Å². The van der Waals surface area contributed by atoms with Crippen molar-refractivity contribution in [2.75, 3.05) is 0 Å². The fourth-order valence-corrected chi connectivity index (χ4v) is 1.55. The van der Waals surface area contributed by atoms with Crippen molar-refractivity contribution in [2.45, 2.75) is 19.4 Å². The highest BCUT2D eigenvalue weighted by Crippen LogP contribution is 1.96. The van der Waals surface area contributed by atoms with Gasteiger partial charge in [-0.15, -0.1) is 10.2 Å². The van der Waals surface area contributed by atoms with Crippen molar-refractivity contribution in [3.8, 4) is 0 Å². The molecule has 0 unspecified atom stereocenters. The molecule has 7 heteroatoms. The molecule has 1 aromatic carbocycles. The van der Waals surface area contributed by atoms with E-state index >= 15 is 0 Å². The highest BCUT2D eigenvalue weighted by molar-refractivity contribution is 5.75. The smallest absolute Gasteiger partial charge is 0.234 e. The summed E-state index contributed by atoms with van der Waals surface area (Å²) in [5.41, 5.74) is 6.63. The van der Waals surface area contributed by atoms with Crippen LogP contribution in [0.3, 0.4) is 0 Å². The first kappa shape index (κ1) is 13.2. The van der Waals surface area contributed by atoms with Gasteiger partial charge in [0.05, 0.1) is 7.05 Å². The number of tetrazole rings is 1. The van der Waals surface area contributed by atoms with Gasteiger partial charge in [-0.1, -0.05) is 30.3 Å². The summed E-state index contributed by atoms with van der Waals surface area (Å²) in [4.78, 5) is 12.9. The molecule has 0 aliphatic carbocycles. The molecule has 0 aliphatic rings. The van der Waals surface area contributed by atoms with Crippen LogP contribution in [-0.4, -0.2) is 26.1 Å². The van der Waals surface area contributed by atoms with E-state index in [9.17, 15) is 4.79 Å². The van der Waals surface area contributed by atoms with Gasteiger partial charge in [0.2, 0.25) is 5.91 Å². The molecular formula is C12H16N6O. The Morgan fingerprint density at radius 2 is 2.11 bits per heavy atom. The van der Waals surface area contributed by atoms with Crippen LogP contribution in [0.25, 0.3) is 0 Å². The standard InChI is InChI=1S/C12H16N6O/c1-18-16-11(14-17-18)7-8-12(19)15-13-9-10-5-3-2-4-6-10/h2-6,13H,7-9H2,1H3,(H,15,19). The largest absolute Gasteiger partial charge is 0.291 e. The first-order valence-electron chi connectivity index (χ1n) is 6.02. The van der Waals surface area contributed by atoms with Gasteiger partial charge in [-0.3, -0.25) is 10.2 Å². The van der Waals surface area contributed by atoms with Crippen molar-refractivity contribution >= 4 is 5.91 Å². The Kier molecular flexibility index (Phi) is 4.57. The number of nitrogens with one attached hydrogen (secondary N) is 2. The molecule has 1 aromatic heterocycles. The number of rotatable bonds is 6. The first-order valence-corrected chi connectivity index (χ1v) is 6.02. The van der Waals surface area contributed by atoms with Gasteiger partial charge in [0.25, 0.3) is 0 Å². The summed E-state index contributed by atoms with van der Waals surface area (Å²) in [6.07, 6.45) is 0.806. The van der Waals surface area contributed by atoms with Crippen LogP contribution in [-0.2, 0) is 24.8 Å². The maximum atomic E-state index is 11.6. The van der Waals surface area contributed by atoms with Gasteiger partial charge in [-0.25, -0.2) is 5.43 Å². The number of hydrogen-bond donors (Lipinski definition) is 2. The van der Waals surface area contributed by atoms with Gasteiger partial charge in [-0.05, 0) is 10.8 Å². The molecule has 0 bridgehead atoms. The maximum absolute atomic E-state index is 11.6. The summed E-state index contributed by atoms with van der Waals surface area (Å²) in [5.74, 6) is 0.476. The van der Waals surface area contributed by atoms with Gasteiger partial charge in [-0.2, -0.15) is 4.80 Å². The Balaban J connectivity index is 1.65. The summed E-state index contributed by atoms with van der Waals surface area (Å²) < 4.78 is 0. The Labute approximate surface area is 111 Å². The molecule has 0 saturated heterocycles. The second-order valence-corrected chi connectivity index (χ2v) is 4.08. The van der Waals surface area contributed by atoms with Crippen molar-refractivity contribution in [1.29, 1.82) is 0 Å². The second kappa shape index (κ2) is 6.60. The van der Waals surface area contributed by atoms with Crippen LogP contribution in [0, 0.1) is 0 Å². The molecule has 19 heavy (non-hydrogen) atoms. The van der Waals surface area contributed by atoms with Crippen LogP contribution in [0.4, 0.5) is 0 Å². The minimum absolute atomic E-state index is 0.0941. The van der Waals surface area contributed by atoms with E-state index in [2.05, 4.69) is 26.3 Å². The van der Waals surface area contributed by atoms with Gasteiger partial charge in [0, 0.05) is 19.4 Å². The normalized spacial score (nSPS) is 10.4. The molecular weight excluding hydrogens is 244 g/mol. The maximum Gasteiger partial charge on any atom is 0.234 e. The Hall–Kier alpha value is -2.28.